The number of ether oxygens (including phenoxy) is 4. The fourth-order valence-electron chi connectivity index (χ4n) is 4.45. The molecule has 3 aromatic heterocycles. The van der Waals surface area contributed by atoms with Gasteiger partial charge in [-0.05, 0) is 31.0 Å². The number of aryl methyl sites for hydroxylation is 1. The van der Waals surface area contributed by atoms with Gasteiger partial charge in [-0.1, -0.05) is 0 Å². The third-order valence-electron chi connectivity index (χ3n) is 6.12. The van der Waals surface area contributed by atoms with Gasteiger partial charge in [0.05, 0.1) is 50.1 Å². The highest BCUT2D eigenvalue weighted by atomic mass is 19.4. The molecule has 2 aliphatic rings. The number of hydrogen-bond acceptors (Lipinski definition) is 8. The van der Waals surface area contributed by atoms with Crippen LogP contribution in [0.4, 0.5) is 18.9 Å². The number of carbonyl (C=O) groups excluding carboxylic acids is 1. The lowest BCUT2D eigenvalue weighted by atomic mass is 10.0. The van der Waals surface area contributed by atoms with E-state index in [0.717, 1.165) is 4.68 Å². The van der Waals surface area contributed by atoms with E-state index in [0.29, 0.717) is 59.3 Å². The normalized spacial score (nSPS) is 19.4. The highest BCUT2D eigenvalue weighted by Crippen LogP contribution is 2.41. The lowest BCUT2D eigenvalue weighted by molar-refractivity contribution is -0.142. The first-order valence-electron chi connectivity index (χ1n) is 11.4. The molecule has 10 nitrogen and oxygen atoms in total. The number of carbonyl (C=O) groups is 1. The number of rotatable bonds is 7. The van der Waals surface area contributed by atoms with Crippen molar-refractivity contribution in [2.24, 2.45) is 0 Å². The molecule has 13 heteroatoms. The number of methoxy groups -OCH3 is 2. The molecule has 1 unspecified atom stereocenters. The van der Waals surface area contributed by atoms with Crippen LogP contribution in [0.15, 0.2) is 30.7 Å². The minimum atomic E-state index is -4.46. The standard InChI is InChI=1S/C24H24F3N5O5/c1-13-6-17(14-7-18(34-2)21(35-3)28-8-14)30-20-19(13)22(33)32(23(20)37-16-4-5-36-11-16)15-9-29-31(10-15)12-24(25,26)27/h6-10,16,23H,4-5,11-12H2,1-3H3/t16-,23?/m0/s1. The monoisotopic (exact) mass is 519 g/mol. The number of anilines is 1. The van der Waals surface area contributed by atoms with Gasteiger partial charge in [0.2, 0.25) is 0 Å². The van der Waals surface area contributed by atoms with Gasteiger partial charge in [-0.2, -0.15) is 18.3 Å². The second-order valence-corrected chi connectivity index (χ2v) is 8.68. The average Bonchev–Trinajstić information content (AvgIpc) is 3.58. The molecule has 5 heterocycles. The minimum Gasteiger partial charge on any atom is -0.491 e. The van der Waals surface area contributed by atoms with Crippen LogP contribution in [0.2, 0.25) is 0 Å². The molecular weight excluding hydrogens is 495 g/mol. The fraction of sp³-hybridized carbons (Fsp3) is 0.417. The molecule has 1 fully saturated rings. The van der Waals surface area contributed by atoms with E-state index in [2.05, 4.69) is 10.1 Å². The molecule has 2 aliphatic heterocycles. The zero-order chi connectivity index (χ0) is 26.3. The Balaban J connectivity index is 1.57. The van der Waals surface area contributed by atoms with Crippen LogP contribution in [0, 0.1) is 6.92 Å². The summed E-state index contributed by atoms with van der Waals surface area (Å²) < 4.78 is 61.7. The van der Waals surface area contributed by atoms with Gasteiger partial charge in [0.25, 0.3) is 11.8 Å². The second kappa shape index (κ2) is 9.63. The molecule has 2 atom stereocenters. The molecule has 0 spiro atoms. The third kappa shape index (κ3) is 4.83. The first-order valence-corrected chi connectivity index (χ1v) is 11.4. The molecule has 1 saturated heterocycles. The van der Waals surface area contributed by atoms with E-state index in [1.165, 1.54) is 31.5 Å². The van der Waals surface area contributed by atoms with Crippen molar-refractivity contribution in [3.63, 3.8) is 0 Å². The van der Waals surface area contributed by atoms with Crippen LogP contribution < -0.4 is 14.4 Å². The van der Waals surface area contributed by atoms with Gasteiger partial charge in [0.15, 0.2) is 12.0 Å². The smallest absolute Gasteiger partial charge is 0.408 e. The maximum Gasteiger partial charge on any atom is 0.408 e. The summed E-state index contributed by atoms with van der Waals surface area (Å²) in [5, 5.41) is 3.80. The van der Waals surface area contributed by atoms with Crippen molar-refractivity contribution in [2.75, 3.05) is 32.3 Å². The van der Waals surface area contributed by atoms with E-state index in [4.69, 9.17) is 23.9 Å². The van der Waals surface area contributed by atoms with Gasteiger partial charge < -0.3 is 18.9 Å². The average molecular weight is 519 g/mol. The Kier molecular flexibility index (Phi) is 6.50. The molecule has 0 saturated carbocycles. The molecular formula is C24H24F3N5O5. The number of fused-ring (bicyclic) bond motifs is 1. The van der Waals surface area contributed by atoms with Crippen molar-refractivity contribution in [3.05, 3.63) is 47.5 Å². The lowest BCUT2D eigenvalue weighted by Crippen LogP contribution is -2.32. The maximum absolute atomic E-state index is 13.6. The van der Waals surface area contributed by atoms with Crippen LogP contribution >= 0.6 is 0 Å². The number of amides is 1. The zero-order valence-electron chi connectivity index (χ0n) is 20.3. The van der Waals surface area contributed by atoms with Crippen LogP contribution in [0.1, 0.15) is 34.3 Å². The summed E-state index contributed by atoms with van der Waals surface area (Å²) in [6, 6.07) is 3.46. The Morgan fingerprint density at radius 1 is 1.19 bits per heavy atom. The topological polar surface area (TPSA) is 101 Å². The number of alkyl halides is 3. The number of pyridine rings is 2. The largest absolute Gasteiger partial charge is 0.491 e. The molecule has 37 heavy (non-hydrogen) atoms. The Bertz CT molecular complexity index is 1320. The number of nitrogens with zero attached hydrogens (tertiary/aromatic N) is 5. The van der Waals surface area contributed by atoms with Crippen LogP contribution in [0.3, 0.4) is 0 Å². The molecule has 3 aromatic rings. The Labute approximate surface area is 209 Å². The molecule has 0 aliphatic carbocycles. The van der Waals surface area contributed by atoms with Gasteiger partial charge in [0, 0.05) is 24.6 Å². The molecule has 0 aromatic carbocycles. The molecule has 196 valence electrons. The first kappa shape index (κ1) is 25.0. The molecule has 5 rings (SSSR count). The maximum atomic E-state index is 13.6. The lowest BCUT2D eigenvalue weighted by Gasteiger charge is -2.26. The van der Waals surface area contributed by atoms with Gasteiger partial charge in [0.1, 0.15) is 12.2 Å². The van der Waals surface area contributed by atoms with Crippen molar-refractivity contribution < 1.29 is 36.9 Å². The number of aromatic nitrogens is 4. The summed E-state index contributed by atoms with van der Waals surface area (Å²) in [5.41, 5.74) is 2.61. The predicted octanol–water partition coefficient (Wildman–Crippen LogP) is 3.69. The van der Waals surface area contributed by atoms with Crippen molar-refractivity contribution in [3.8, 4) is 22.9 Å². The summed E-state index contributed by atoms with van der Waals surface area (Å²) in [5.74, 6) is 0.280. The van der Waals surface area contributed by atoms with Gasteiger partial charge >= 0.3 is 6.18 Å². The number of hydrogen-bond donors (Lipinski definition) is 0. The van der Waals surface area contributed by atoms with Crippen LogP contribution in [0.25, 0.3) is 11.3 Å². The molecule has 0 N–H and O–H groups in total. The Hall–Kier alpha value is -3.71. The van der Waals surface area contributed by atoms with E-state index in [1.807, 2.05) is 0 Å². The highest BCUT2D eigenvalue weighted by molar-refractivity contribution is 6.11. The van der Waals surface area contributed by atoms with Crippen LogP contribution in [-0.2, 0) is 16.0 Å². The third-order valence-corrected chi connectivity index (χ3v) is 6.12. The second-order valence-electron chi connectivity index (χ2n) is 8.68. The van der Waals surface area contributed by atoms with E-state index >= 15 is 0 Å². The molecule has 0 bridgehead atoms. The van der Waals surface area contributed by atoms with Gasteiger partial charge in [-0.3, -0.25) is 14.4 Å². The van der Waals surface area contributed by atoms with Crippen LogP contribution in [-0.4, -0.2) is 65.4 Å². The van der Waals surface area contributed by atoms with E-state index in [9.17, 15) is 18.0 Å². The van der Waals surface area contributed by atoms with Crippen molar-refractivity contribution in [1.29, 1.82) is 0 Å². The summed E-state index contributed by atoms with van der Waals surface area (Å²) in [7, 11) is 2.97. The summed E-state index contributed by atoms with van der Waals surface area (Å²) in [4.78, 5) is 23.9. The SMILES string of the molecule is COc1cc(-c2cc(C)c3c(n2)C(O[C@H]2CCOC2)N(c2cnn(CC(F)(F)F)c2)C3=O)cnc1OC. The van der Waals surface area contributed by atoms with E-state index in [-0.39, 0.29) is 11.8 Å². The van der Waals surface area contributed by atoms with Crippen molar-refractivity contribution in [1.82, 2.24) is 19.7 Å². The fourth-order valence-corrected chi connectivity index (χ4v) is 4.45. The minimum absolute atomic E-state index is 0.171. The summed E-state index contributed by atoms with van der Waals surface area (Å²) >= 11 is 0. The molecule has 0 radical (unpaired) electrons. The Morgan fingerprint density at radius 3 is 2.68 bits per heavy atom. The van der Waals surface area contributed by atoms with Crippen LogP contribution in [0.5, 0.6) is 11.6 Å². The quantitative estimate of drug-likeness (QED) is 0.466. The zero-order valence-corrected chi connectivity index (χ0v) is 20.3. The van der Waals surface area contributed by atoms with Gasteiger partial charge in [-0.15, -0.1) is 0 Å². The van der Waals surface area contributed by atoms with Crippen molar-refractivity contribution in [2.45, 2.75) is 38.4 Å². The molecule has 1 amide bonds. The van der Waals surface area contributed by atoms with E-state index < -0.39 is 24.9 Å². The van der Waals surface area contributed by atoms with Gasteiger partial charge in [-0.25, -0.2) is 9.97 Å². The van der Waals surface area contributed by atoms with E-state index in [1.54, 1.807) is 25.3 Å². The Morgan fingerprint density at radius 2 is 2.00 bits per heavy atom. The highest BCUT2D eigenvalue weighted by Gasteiger charge is 2.44. The first-order chi connectivity index (χ1) is 17.7. The van der Waals surface area contributed by atoms with Crippen molar-refractivity contribution >= 4 is 11.6 Å². The number of halogens is 3. The summed E-state index contributed by atoms with van der Waals surface area (Å²) in [6.45, 7) is 1.32. The summed E-state index contributed by atoms with van der Waals surface area (Å²) in [6.07, 6.45) is -1.18. The predicted molar refractivity (Wildman–Crippen MR) is 123 cm³/mol.